The number of aromatic nitrogens is 1. The van der Waals surface area contributed by atoms with E-state index in [-0.39, 0.29) is 18.1 Å². The van der Waals surface area contributed by atoms with E-state index in [0.717, 1.165) is 6.20 Å². The lowest BCUT2D eigenvalue weighted by molar-refractivity contribution is -0.118. The van der Waals surface area contributed by atoms with E-state index in [4.69, 9.17) is 5.73 Å². The molecule has 2 N–H and O–H groups in total. The Morgan fingerprint density at radius 3 is 2.83 bits per heavy atom. The number of hydrogen-bond donors (Lipinski definition) is 1. The van der Waals surface area contributed by atoms with Crippen LogP contribution in [0.5, 0.6) is 0 Å². The molecular weight excluding hydrogens is 159 g/mol. The summed E-state index contributed by atoms with van der Waals surface area (Å²) in [6, 6.07) is 2.85. The van der Waals surface area contributed by atoms with Crippen molar-refractivity contribution < 1.29 is 9.18 Å². The maximum Gasteiger partial charge on any atom is 0.217 e. The number of hydrogen-bond acceptors (Lipinski definition) is 2. The van der Waals surface area contributed by atoms with E-state index in [1.807, 2.05) is 0 Å². The number of halogens is 1. The van der Waals surface area contributed by atoms with Crippen LogP contribution in [0.2, 0.25) is 0 Å². The Morgan fingerprint density at radius 2 is 2.33 bits per heavy atom. The molecule has 1 aromatic rings. The summed E-state index contributed by atoms with van der Waals surface area (Å²) < 4.78 is 12.3. The van der Waals surface area contributed by atoms with E-state index in [9.17, 15) is 9.18 Å². The summed E-state index contributed by atoms with van der Waals surface area (Å²) in [6.45, 7) is 0. The minimum Gasteiger partial charge on any atom is -0.370 e. The smallest absolute Gasteiger partial charge is 0.217 e. The normalized spacial score (nSPS) is 9.75. The molecule has 0 aliphatic rings. The predicted octanol–water partition coefficient (Wildman–Crippen LogP) is 0.639. The van der Waals surface area contributed by atoms with Gasteiger partial charge in [-0.15, -0.1) is 0 Å². The second kappa shape index (κ2) is 3.80. The fourth-order valence-electron chi connectivity index (χ4n) is 0.806. The lowest BCUT2D eigenvalue weighted by Crippen LogP contribution is -2.11. The van der Waals surface area contributed by atoms with Crippen molar-refractivity contribution in [1.82, 2.24) is 4.98 Å². The first-order valence-electron chi connectivity index (χ1n) is 3.57. The van der Waals surface area contributed by atoms with Crippen molar-refractivity contribution >= 4 is 5.91 Å². The van der Waals surface area contributed by atoms with Gasteiger partial charge in [0.2, 0.25) is 5.91 Å². The van der Waals surface area contributed by atoms with Gasteiger partial charge < -0.3 is 5.73 Å². The first-order valence-corrected chi connectivity index (χ1v) is 3.57. The molecule has 0 aliphatic heterocycles. The van der Waals surface area contributed by atoms with Crippen molar-refractivity contribution in [2.75, 3.05) is 0 Å². The number of nitrogens with two attached hydrogens (primary N) is 1. The Hall–Kier alpha value is -1.45. The highest BCUT2D eigenvalue weighted by atomic mass is 19.1. The van der Waals surface area contributed by atoms with E-state index < -0.39 is 0 Å². The Kier molecular flexibility index (Phi) is 2.74. The van der Waals surface area contributed by atoms with Crippen LogP contribution in [0.1, 0.15) is 12.1 Å². The summed E-state index contributed by atoms with van der Waals surface area (Å²) in [5.74, 6) is -0.751. The van der Waals surface area contributed by atoms with E-state index in [0.29, 0.717) is 12.1 Å². The van der Waals surface area contributed by atoms with Crippen molar-refractivity contribution in [2.24, 2.45) is 5.73 Å². The highest BCUT2D eigenvalue weighted by Gasteiger charge is 1.98. The Labute approximate surface area is 69.4 Å². The summed E-state index contributed by atoms with van der Waals surface area (Å²) in [6.07, 6.45) is 1.84. The quantitative estimate of drug-likeness (QED) is 0.720. The van der Waals surface area contributed by atoms with Crippen LogP contribution < -0.4 is 5.73 Å². The van der Waals surface area contributed by atoms with Crippen LogP contribution in [-0.2, 0) is 11.2 Å². The van der Waals surface area contributed by atoms with E-state index >= 15 is 0 Å². The molecule has 3 nitrogen and oxygen atoms in total. The van der Waals surface area contributed by atoms with E-state index in [1.165, 1.54) is 12.1 Å². The zero-order valence-corrected chi connectivity index (χ0v) is 6.46. The summed E-state index contributed by atoms with van der Waals surface area (Å²) in [5.41, 5.74) is 5.61. The maximum atomic E-state index is 12.3. The summed E-state index contributed by atoms with van der Waals surface area (Å²) in [7, 11) is 0. The highest BCUT2D eigenvalue weighted by Crippen LogP contribution is 2.00. The largest absolute Gasteiger partial charge is 0.370 e. The van der Waals surface area contributed by atoms with Gasteiger partial charge in [-0.25, -0.2) is 4.39 Å². The Bertz CT molecular complexity index is 271. The molecule has 0 bridgehead atoms. The third-order valence-electron chi connectivity index (χ3n) is 1.42. The van der Waals surface area contributed by atoms with Gasteiger partial charge in [-0.2, -0.15) is 0 Å². The minimum absolute atomic E-state index is 0.249. The second-order valence-corrected chi connectivity index (χ2v) is 2.43. The SMILES string of the molecule is NC(=O)CCc1ccc(F)cn1. The van der Waals surface area contributed by atoms with Crippen molar-refractivity contribution in [3.05, 3.63) is 29.8 Å². The topological polar surface area (TPSA) is 56.0 Å². The van der Waals surface area contributed by atoms with Gasteiger partial charge in [-0.1, -0.05) is 0 Å². The van der Waals surface area contributed by atoms with Crippen molar-refractivity contribution in [3.8, 4) is 0 Å². The average molecular weight is 168 g/mol. The Balaban J connectivity index is 2.53. The Morgan fingerprint density at radius 1 is 1.58 bits per heavy atom. The van der Waals surface area contributed by atoms with Gasteiger partial charge in [0, 0.05) is 12.1 Å². The van der Waals surface area contributed by atoms with Crippen LogP contribution in [0, 0.1) is 5.82 Å². The molecule has 0 atom stereocenters. The maximum absolute atomic E-state index is 12.3. The van der Waals surface area contributed by atoms with E-state index in [1.54, 1.807) is 0 Å². The number of primary amides is 1. The van der Waals surface area contributed by atoms with Crippen molar-refractivity contribution in [1.29, 1.82) is 0 Å². The number of carbonyl (C=O) groups excluding carboxylic acids is 1. The molecule has 0 saturated carbocycles. The van der Waals surface area contributed by atoms with Crippen LogP contribution in [0.15, 0.2) is 18.3 Å². The lowest BCUT2D eigenvalue weighted by Gasteiger charge is -1.96. The zero-order valence-electron chi connectivity index (χ0n) is 6.46. The molecule has 0 radical (unpaired) electrons. The number of nitrogens with zero attached hydrogens (tertiary/aromatic N) is 1. The highest BCUT2D eigenvalue weighted by molar-refractivity contribution is 5.73. The zero-order chi connectivity index (χ0) is 8.97. The summed E-state index contributed by atoms with van der Waals surface area (Å²) >= 11 is 0. The van der Waals surface area contributed by atoms with Gasteiger partial charge in [-0.05, 0) is 18.6 Å². The van der Waals surface area contributed by atoms with Gasteiger partial charge >= 0.3 is 0 Å². The van der Waals surface area contributed by atoms with Crippen LogP contribution in [-0.4, -0.2) is 10.9 Å². The number of amides is 1. The van der Waals surface area contributed by atoms with Gasteiger partial charge in [0.05, 0.1) is 6.20 Å². The molecule has 0 aliphatic carbocycles. The summed E-state index contributed by atoms with van der Waals surface area (Å²) in [5, 5.41) is 0. The molecule has 1 heterocycles. The lowest BCUT2D eigenvalue weighted by atomic mass is 10.2. The van der Waals surface area contributed by atoms with Gasteiger partial charge in [0.25, 0.3) is 0 Å². The monoisotopic (exact) mass is 168 g/mol. The number of rotatable bonds is 3. The third-order valence-corrected chi connectivity index (χ3v) is 1.42. The van der Waals surface area contributed by atoms with E-state index in [2.05, 4.69) is 4.98 Å². The van der Waals surface area contributed by atoms with Gasteiger partial charge in [0.15, 0.2) is 0 Å². The standard InChI is InChI=1S/C8H9FN2O/c9-6-1-2-7(11-5-6)3-4-8(10)12/h1-2,5H,3-4H2,(H2,10,12). The first-order chi connectivity index (χ1) is 5.68. The number of aryl methyl sites for hydroxylation is 1. The average Bonchev–Trinajstić information content (AvgIpc) is 2.03. The number of pyridine rings is 1. The second-order valence-electron chi connectivity index (χ2n) is 2.43. The van der Waals surface area contributed by atoms with Crippen LogP contribution in [0.3, 0.4) is 0 Å². The molecule has 12 heavy (non-hydrogen) atoms. The molecule has 1 rings (SSSR count). The summed E-state index contributed by atoms with van der Waals surface area (Å²) in [4.78, 5) is 14.1. The molecule has 0 aromatic carbocycles. The fraction of sp³-hybridized carbons (Fsp3) is 0.250. The molecule has 0 saturated heterocycles. The van der Waals surface area contributed by atoms with Crippen LogP contribution in [0.4, 0.5) is 4.39 Å². The molecule has 0 spiro atoms. The predicted molar refractivity (Wildman–Crippen MR) is 41.7 cm³/mol. The van der Waals surface area contributed by atoms with Crippen LogP contribution >= 0.6 is 0 Å². The molecule has 0 unspecified atom stereocenters. The third kappa shape index (κ3) is 2.65. The molecule has 1 aromatic heterocycles. The van der Waals surface area contributed by atoms with Gasteiger partial charge in [-0.3, -0.25) is 9.78 Å². The fourth-order valence-corrected chi connectivity index (χ4v) is 0.806. The number of carbonyl (C=O) groups is 1. The molecule has 1 amide bonds. The molecule has 64 valence electrons. The minimum atomic E-state index is -0.377. The van der Waals surface area contributed by atoms with Crippen molar-refractivity contribution in [3.63, 3.8) is 0 Å². The molecule has 4 heteroatoms. The van der Waals surface area contributed by atoms with Crippen molar-refractivity contribution in [2.45, 2.75) is 12.8 Å². The van der Waals surface area contributed by atoms with Gasteiger partial charge in [0.1, 0.15) is 5.82 Å². The molecule has 0 fully saturated rings. The molecular formula is C8H9FN2O. The first kappa shape index (κ1) is 8.64. The van der Waals surface area contributed by atoms with Crippen LogP contribution in [0.25, 0.3) is 0 Å².